The smallest absolute Gasteiger partial charge is 0.434 e. The summed E-state index contributed by atoms with van der Waals surface area (Å²) in [6, 6.07) is 0.121. The molecule has 1 aliphatic rings. The Labute approximate surface area is 183 Å². The summed E-state index contributed by atoms with van der Waals surface area (Å²) in [6.45, 7) is 5.88. The molecule has 1 amide bonds. The minimum Gasteiger partial charge on any atom is -0.450 e. The Morgan fingerprint density at radius 3 is 2.61 bits per heavy atom. The van der Waals surface area contributed by atoms with Crippen LogP contribution in [0.5, 0.6) is 0 Å². The Kier molecular flexibility index (Phi) is 10.3. The molecule has 0 unspecified atom stereocenters. The zero-order chi connectivity index (χ0) is 19.9. The van der Waals surface area contributed by atoms with Crippen LogP contribution in [0.4, 0.5) is 18.0 Å². The molecule has 0 aliphatic carbocycles. The van der Waals surface area contributed by atoms with E-state index < -0.39 is 11.9 Å². The summed E-state index contributed by atoms with van der Waals surface area (Å²) in [6.07, 6.45) is -3.27. The number of hydrogen-bond acceptors (Lipinski definition) is 5. The summed E-state index contributed by atoms with van der Waals surface area (Å²) in [5.74, 6) is 0.524. The summed E-state index contributed by atoms with van der Waals surface area (Å²) in [5, 5.41) is 7.65. The monoisotopic (exact) mass is 535 g/mol. The minimum absolute atomic E-state index is 0. The van der Waals surface area contributed by atoms with Crippen molar-refractivity contribution in [3.63, 3.8) is 0 Å². The van der Waals surface area contributed by atoms with Gasteiger partial charge in [0, 0.05) is 31.1 Å². The fourth-order valence-corrected chi connectivity index (χ4v) is 3.32. The molecule has 1 aromatic rings. The second kappa shape index (κ2) is 11.6. The number of ether oxygens (including phenoxy) is 1. The molecular weight excluding hydrogens is 510 g/mol. The zero-order valence-electron chi connectivity index (χ0n) is 15.7. The molecule has 0 atom stereocenters. The standard InChI is InChI=1S/C16H24F3N5O2S.HI/c1-3-20-14(21-9-13-23-12(10-27-13)16(17,18)19)22-11-5-7-24(8-6-11)15(25)26-4-2;/h10-11H,3-9H2,1-2H3,(H2,20,21,22);1H. The lowest BCUT2D eigenvalue weighted by atomic mass is 10.1. The SMILES string of the molecule is CCNC(=NCc1nc(C(F)(F)F)cs1)NC1CCN(C(=O)OCC)CC1.I. The molecule has 0 saturated carbocycles. The average molecular weight is 535 g/mol. The van der Waals surface area contributed by atoms with Gasteiger partial charge in [0.25, 0.3) is 0 Å². The van der Waals surface area contributed by atoms with Gasteiger partial charge in [-0.15, -0.1) is 35.3 Å². The first-order chi connectivity index (χ1) is 12.8. The van der Waals surface area contributed by atoms with Crippen LogP contribution in [0.15, 0.2) is 10.4 Å². The zero-order valence-corrected chi connectivity index (χ0v) is 18.9. The molecule has 28 heavy (non-hydrogen) atoms. The van der Waals surface area contributed by atoms with Gasteiger partial charge in [0.05, 0.1) is 13.2 Å². The van der Waals surface area contributed by atoms with Crippen molar-refractivity contribution in [2.24, 2.45) is 4.99 Å². The molecule has 0 spiro atoms. The van der Waals surface area contributed by atoms with E-state index in [4.69, 9.17) is 4.74 Å². The van der Waals surface area contributed by atoms with Gasteiger partial charge in [-0.3, -0.25) is 0 Å². The van der Waals surface area contributed by atoms with E-state index in [1.54, 1.807) is 11.8 Å². The third-order valence-corrected chi connectivity index (χ3v) is 4.75. The molecule has 1 aliphatic heterocycles. The number of piperidine rings is 1. The highest BCUT2D eigenvalue weighted by atomic mass is 127. The van der Waals surface area contributed by atoms with Gasteiger partial charge in [-0.1, -0.05) is 0 Å². The number of carbonyl (C=O) groups is 1. The Morgan fingerprint density at radius 1 is 1.39 bits per heavy atom. The minimum atomic E-state index is -4.44. The lowest BCUT2D eigenvalue weighted by Gasteiger charge is -2.32. The van der Waals surface area contributed by atoms with Crippen LogP contribution in [-0.4, -0.2) is 54.2 Å². The maximum absolute atomic E-state index is 12.6. The van der Waals surface area contributed by atoms with Crippen LogP contribution >= 0.6 is 35.3 Å². The van der Waals surface area contributed by atoms with Gasteiger partial charge in [0.15, 0.2) is 11.7 Å². The van der Waals surface area contributed by atoms with Crippen molar-refractivity contribution >= 4 is 47.4 Å². The van der Waals surface area contributed by atoms with Gasteiger partial charge in [0.2, 0.25) is 0 Å². The molecule has 2 heterocycles. The van der Waals surface area contributed by atoms with Crippen LogP contribution in [0.3, 0.4) is 0 Å². The van der Waals surface area contributed by atoms with E-state index in [9.17, 15) is 18.0 Å². The summed E-state index contributed by atoms with van der Waals surface area (Å²) < 4.78 is 42.8. The normalized spacial score (nSPS) is 15.8. The van der Waals surface area contributed by atoms with Crippen molar-refractivity contribution in [2.45, 2.75) is 45.5 Å². The summed E-state index contributed by atoms with van der Waals surface area (Å²) in [5.41, 5.74) is -0.887. The number of amides is 1. The topological polar surface area (TPSA) is 78.9 Å². The van der Waals surface area contributed by atoms with Crippen molar-refractivity contribution in [1.29, 1.82) is 0 Å². The Hall–Kier alpha value is -1.31. The van der Waals surface area contributed by atoms with Gasteiger partial charge in [-0.05, 0) is 26.7 Å². The van der Waals surface area contributed by atoms with Crippen LogP contribution in [0.2, 0.25) is 0 Å². The fraction of sp³-hybridized carbons (Fsp3) is 0.688. The number of likely N-dealkylation sites (tertiary alicyclic amines) is 1. The number of nitrogens with one attached hydrogen (secondary N) is 2. The molecule has 1 fully saturated rings. The van der Waals surface area contributed by atoms with Crippen LogP contribution in [-0.2, 0) is 17.5 Å². The van der Waals surface area contributed by atoms with Gasteiger partial charge < -0.3 is 20.3 Å². The first-order valence-corrected chi connectivity index (χ1v) is 9.69. The predicted octanol–water partition coefficient (Wildman–Crippen LogP) is 3.46. The van der Waals surface area contributed by atoms with E-state index >= 15 is 0 Å². The molecule has 1 saturated heterocycles. The number of nitrogens with zero attached hydrogens (tertiary/aromatic N) is 3. The van der Waals surface area contributed by atoms with E-state index in [0.717, 1.165) is 29.6 Å². The third-order valence-electron chi connectivity index (χ3n) is 3.92. The van der Waals surface area contributed by atoms with Crippen LogP contribution in [0, 0.1) is 0 Å². The van der Waals surface area contributed by atoms with Gasteiger partial charge in [-0.25, -0.2) is 14.8 Å². The highest BCUT2D eigenvalue weighted by Crippen LogP contribution is 2.30. The number of rotatable bonds is 5. The number of halogens is 4. The van der Waals surface area contributed by atoms with Crippen molar-refractivity contribution in [2.75, 3.05) is 26.2 Å². The molecule has 12 heteroatoms. The Balaban J connectivity index is 0.00000392. The average Bonchev–Trinajstić information content (AvgIpc) is 3.10. The van der Waals surface area contributed by atoms with Crippen LogP contribution < -0.4 is 10.6 Å². The fourth-order valence-electron chi connectivity index (χ4n) is 2.59. The molecule has 0 radical (unpaired) electrons. The van der Waals surface area contributed by atoms with Crippen molar-refractivity contribution in [3.05, 3.63) is 16.1 Å². The molecule has 2 N–H and O–H groups in total. The van der Waals surface area contributed by atoms with E-state index in [1.165, 1.54) is 0 Å². The molecule has 1 aromatic heterocycles. The van der Waals surface area contributed by atoms with E-state index in [2.05, 4.69) is 20.6 Å². The summed E-state index contributed by atoms with van der Waals surface area (Å²) in [4.78, 5) is 21.3. The number of alkyl halides is 3. The van der Waals surface area contributed by atoms with E-state index in [1.807, 2.05) is 6.92 Å². The predicted molar refractivity (Wildman–Crippen MR) is 112 cm³/mol. The first-order valence-electron chi connectivity index (χ1n) is 8.81. The lowest BCUT2D eigenvalue weighted by Crippen LogP contribution is -2.49. The largest absolute Gasteiger partial charge is 0.450 e. The van der Waals surface area contributed by atoms with E-state index in [-0.39, 0.29) is 42.7 Å². The number of aromatic nitrogens is 1. The van der Waals surface area contributed by atoms with Crippen LogP contribution in [0.1, 0.15) is 37.4 Å². The number of aliphatic imine (C=N–C) groups is 1. The molecule has 0 bridgehead atoms. The summed E-state index contributed by atoms with van der Waals surface area (Å²) in [7, 11) is 0. The van der Waals surface area contributed by atoms with Gasteiger partial charge in [0.1, 0.15) is 5.01 Å². The number of thiazole rings is 1. The van der Waals surface area contributed by atoms with Crippen molar-refractivity contribution in [3.8, 4) is 0 Å². The number of carbonyl (C=O) groups excluding carboxylic acids is 1. The molecule has 160 valence electrons. The van der Waals surface area contributed by atoms with Crippen LogP contribution in [0.25, 0.3) is 0 Å². The highest BCUT2D eigenvalue weighted by Gasteiger charge is 2.33. The van der Waals surface area contributed by atoms with Crippen molar-refractivity contribution < 1.29 is 22.7 Å². The third kappa shape index (κ3) is 7.60. The quantitative estimate of drug-likeness (QED) is 0.343. The van der Waals surface area contributed by atoms with E-state index in [0.29, 0.717) is 37.2 Å². The second-order valence-electron chi connectivity index (χ2n) is 5.92. The second-order valence-corrected chi connectivity index (χ2v) is 6.87. The highest BCUT2D eigenvalue weighted by molar-refractivity contribution is 14.0. The molecule has 0 aromatic carbocycles. The Morgan fingerprint density at radius 2 is 2.07 bits per heavy atom. The molecule has 2 rings (SSSR count). The molecular formula is C16H25F3IN5O2S. The maximum Gasteiger partial charge on any atom is 0.434 e. The van der Waals surface area contributed by atoms with Crippen molar-refractivity contribution in [1.82, 2.24) is 20.5 Å². The first kappa shape index (κ1) is 24.7. The number of hydrogen-bond donors (Lipinski definition) is 2. The molecule has 7 nitrogen and oxygen atoms in total. The Bertz CT molecular complexity index is 648. The number of guanidine groups is 1. The summed E-state index contributed by atoms with van der Waals surface area (Å²) >= 11 is 0.939. The van der Waals surface area contributed by atoms with Gasteiger partial charge in [-0.2, -0.15) is 13.2 Å². The maximum atomic E-state index is 12.6. The van der Waals surface area contributed by atoms with Gasteiger partial charge >= 0.3 is 12.3 Å². The lowest BCUT2D eigenvalue weighted by molar-refractivity contribution is -0.140.